The average Bonchev–Trinajstić information content (AvgIpc) is 2.86. The Bertz CT molecular complexity index is 389. The van der Waals surface area contributed by atoms with Crippen LogP contribution in [0.15, 0.2) is 6.20 Å². The lowest BCUT2D eigenvalue weighted by Crippen LogP contribution is -2.35. The van der Waals surface area contributed by atoms with E-state index in [0.29, 0.717) is 5.92 Å². The maximum absolute atomic E-state index is 11.1. The third-order valence-corrected chi connectivity index (χ3v) is 4.20. The predicted octanol–water partition coefficient (Wildman–Crippen LogP) is 2.32. The summed E-state index contributed by atoms with van der Waals surface area (Å²) in [5.41, 5.74) is 0. The Balaban J connectivity index is 2.19. The number of nitrogens with zero attached hydrogens (tertiary/aromatic N) is 2. The summed E-state index contributed by atoms with van der Waals surface area (Å²) in [6.07, 6.45) is 3.53. The van der Waals surface area contributed by atoms with Crippen molar-refractivity contribution < 1.29 is 9.90 Å². The average molecular weight is 240 g/mol. The van der Waals surface area contributed by atoms with Crippen molar-refractivity contribution in [2.45, 2.75) is 38.6 Å². The summed E-state index contributed by atoms with van der Waals surface area (Å²) in [4.78, 5) is 18.5. The van der Waals surface area contributed by atoms with Crippen molar-refractivity contribution in [2.24, 2.45) is 0 Å². The number of aliphatic carboxylic acids is 1. The van der Waals surface area contributed by atoms with Crippen LogP contribution in [0, 0.1) is 0 Å². The van der Waals surface area contributed by atoms with Gasteiger partial charge in [-0.1, -0.05) is 13.8 Å². The van der Waals surface area contributed by atoms with Gasteiger partial charge < -0.3 is 10.0 Å². The van der Waals surface area contributed by atoms with Crippen LogP contribution in [-0.4, -0.2) is 28.6 Å². The van der Waals surface area contributed by atoms with Crippen molar-refractivity contribution >= 4 is 22.4 Å². The van der Waals surface area contributed by atoms with Gasteiger partial charge in [-0.15, -0.1) is 11.3 Å². The van der Waals surface area contributed by atoms with Gasteiger partial charge in [0, 0.05) is 17.6 Å². The number of thiazole rings is 1. The predicted molar refractivity (Wildman–Crippen MR) is 64.2 cm³/mol. The number of carbonyl (C=O) groups is 1. The van der Waals surface area contributed by atoms with E-state index in [1.54, 1.807) is 11.3 Å². The van der Waals surface area contributed by atoms with Gasteiger partial charge in [0.15, 0.2) is 5.13 Å². The number of hydrogen-bond donors (Lipinski definition) is 1. The minimum atomic E-state index is -0.737. The number of rotatable bonds is 3. The summed E-state index contributed by atoms with van der Waals surface area (Å²) in [6, 6.07) is -0.383. The lowest BCUT2D eigenvalue weighted by molar-refractivity contribution is -0.138. The minimum absolute atomic E-state index is 0.383. The maximum atomic E-state index is 11.1. The first kappa shape index (κ1) is 11.4. The largest absolute Gasteiger partial charge is 0.480 e. The minimum Gasteiger partial charge on any atom is -0.480 e. The van der Waals surface area contributed by atoms with Gasteiger partial charge >= 0.3 is 5.97 Å². The third kappa shape index (κ3) is 2.04. The number of anilines is 1. The van der Waals surface area contributed by atoms with Gasteiger partial charge in [0.1, 0.15) is 6.04 Å². The van der Waals surface area contributed by atoms with Gasteiger partial charge in [0.25, 0.3) is 0 Å². The van der Waals surface area contributed by atoms with Crippen LogP contribution in [0.5, 0.6) is 0 Å². The van der Waals surface area contributed by atoms with Crippen molar-refractivity contribution in [1.29, 1.82) is 0 Å². The topological polar surface area (TPSA) is 53.4 Å². The van der Waals surface area contributed by atoms with Crippen LogP contribution in [0.4, 0.5) is 5.13 Å². The van der Waals surface area contributed by atoms with Crippen LogP contribution in [0.1, 0.15) is 37.5 Å². The van der Waals surface area contributed by atoms with Crippen LogP contribution in [0.3, 0.4) is 0 Å². The summed E-state index contributed by atoms with van der Waals surface area (Å²) < 4.78 is 0. The van der Waals surface area contributed by atoms with Crippen molar-refractivity contribution in [3.63, 3.8) is 0 Å². The molecule has 0 amide bonds. The van der Waals surface area contributed by atoms with E-state index >= 15 is 0 Å². The zero-order chi connectivity index (χ0) is 11.7. The highest BCUT2D eigenvalue weighted by molar-refractivity contribution is 7.15. The zero-order valence-corrected chi connectivity index (χ0v) is 10.3. The molecular formula is C11H16N2O2S. The normalized spacial score (nSPS) is 20.7. The first-order valence-electron chi connectivity index (χ1n) is 5.54. The molecule has 1 aliphatic heterocycles. The second kappa shape index (κ2) is 4.41. The van der Waals surface area contributed by atoms with E-state index in [2.05, 4.69) is 18.8 Å². The van der Waals surface area contributed by atoms with Gasteiger partial charge in [-0.2, -0.15) is 0 Å². The summed E-state index contributed by atoms with van der Waals surface area (Å²) in [7, 11) is 0. The number of carboxylic acid groups (broad SMARTS) is 1. The Kier molecular flexibility index (Phi) is 3.14. The van der Waals surface area contributed by atoms with Crippen LogP contribution >= 0.6 is 11.3 Å². The van der Waals surface area contributed by atoms with Gasteiger partial charge in [-0.05, 0) is 18.8 Å². The second-order valence-corrected chi connectivity index (χ2v) is 5.43. The van der Waals surface area contributed by atoms with Crippen LogP contribution < -0.4 is 4.90 Å². The van der Waals surface area contributed by atoms with Gasteiger partial charge in [-0.3, -0.25) is 0 Å². The summed E-state index contributed by atoms with van der Waals surface area (Å²) >= 11 is 1.61. The Morgan fingerprint density at radius 1 is 1.69 bits per heavy atom. The standard InChI is InChI=1S/C11H16N2O2S/c1-7(2)9-6-12-11(16-9)13-5-3-4-8(13)10(14)15/h6-8H,3-5H2,1-2H3,(H,14,15)/t8-/m1/s1. The van der Waals surface area contributed by atoms with Gasteiger partial charge in [0.2, 0.25) is 0 Å². The molecule has 1 fully saturated rings. The van der Waals surface area contributed by atoms with Gasteiger partial charge in [-0.25, -0.2) is 9.78 Å². The quantitative estimate of drug-likeness (QED) is 0.881. The highest BCUT2D eigenvalue weighted by atomic mass is 32.1. The van der Waals surface area contributed by atoms with E-state index in [4.69, 9.17) is 5.11 Å². The van der Waals surface area contributed by atoms with E-state index < -0.39 is 5.97 Å². The molecule has 1 saturated heterocycles. The summed E-state index contributed by atoms with van der Waals surface area (Å²) in [5.74, 6) is -0.282. The van der Waals surface area contributed by atoms with Crippen LogP contribution in [0.25, 0.3) is 0 Å². The van der Waals surface area contributed by atoms with Crippen molar-refractivity contribution in [1.82, 2.24) is 4.98 Å². The lowest BCUT2D eigenvalue weighted by atomic mass is 10.2. The molecule has 5 heteroatoms. The number of carboxylic acids is 1. The SMILES string of the molecule is CC(C)c1cnc(N2CCC[C@@H]2C(=O)O)s1. The molecule has 0 aromatic carbocycles. The van der Waals surface area contributed by atoms with E-state index in [1.807, 2.05) is 11.1 Å². The molecule has 1 atom stereocenters. The van der Waals surface area contributed by atoms with E-state index in [-0.39, 0.29) is 6.04 Å². The van der Waals surface area contributed by atoms with E-state index in [9.17, 15) is 4.79 Å². The first-order valence-corrected chi connectivity index (χ1v) is 6.36. The molecule has 0 radical (unpaired) electrons. The molecule has 0 saturated carbocycles. The van der Waals surface area contributed by atoms with Crippen molar-refractivity contribution in [3.8, 4) is 0 Å². The number of hydrogen-bond acceptors (Lipinski definition) is 4. The summed E-state index contributed by atoms with van der Waals surface area (Å²) in [6.45, 7) is 5.05. The first-order chi connectivity index (χ1) is 7.59. The van der Waals surface area contributed by atoms with E-state index in [1.165, 1.54) is 4.88 Å². The van der Waals surface area contributed by atoms with Crippen molar-refractivity contribution in [3.05, 3.63) is 11.1 Å². The highest BCUT2D eigenvalue weighted by Crippen LogP contribution is 2.32. The molecule has 88 valence electrons. The number of aromatic nitrogens is 1. The third-order valence-electron chi connectivity index (χ3n) is 2.86. The molecule has 0 bridgehead atoms. The molecule has 0 unspecified atom stereocenters. The fourth-order valence-corrected chi connectivity index (χ4v) is 2.92. The highest BCUT2D eigenvalue weighted by Gasteiger charge is 2.32. The molecule has 2 rings (SSSR count). The molecule has 4 nitrogen and oxygen atoms in total. The second-order valence-electron chi connectivity index (χ2n) is 4.39. The fourth-order valence-electron chi connectivity index (χ4n) is 1.93. The Morgan fingerprint density at radius 3 is 3.00 bits per heavy atom. The molecular weight excluding hydrogens is 224 g/mol. The summed E-state index contributed by atoms with van der Waals surface area (Å²) in [5, 5.41) is 9.95. The Hall–Kier alpha value is -1.10. The Labute approximate surface area is 98.9 Å². The molecule has 0 aliphatic carbocycles. The van der Waals surface area contributed by atoms with E-state index in [0.717, 1.165) is 24.5 Å². The zero-order valence-electron chi connectivity index (χ0n) is 9.51. The molecule has 1 N–H and O–H groups in total. The van der Waals surface area contributed by atoms with Crippen LogP contribution in [-0.2, 0) is 4.79 Å². The molecule has 1 aromatic heterocycles. The lowest BCUT2D eigenvalue weighted by Gasteiger charge is -2.19. The Morgan fingerprint density at radius 2 is 2.44 bits per heavy atom. The smallest absolute Gasteiger partial charge is 0.326 e. The van der Waals surface area contributed by atoms with Crippen molar-refractivity contribution in [2.75, 3.05) is 11.4 Å². The van der Waals surface area contributed by atoms with Crippen LogP contribution in [0.2, 0.25) is 0 Å². The maximum Gasteiger partial charge on any atom is 0.326 e. The molecule has 0 spiro atoms. The molecule has 1 aromatic rings. The monoisotopic (exact) mass is 240 g/mol. The fraction of sp³-hybridized carbons (Fsp3) is 0.636. The molecule has 2 heterocycles. The molecule has 16 heavy (non-hydrogen) atoms. The van der Waals surface area contributed by atoms with Gasteiger partial charge in [0.05, 0.1) is 0 Å². The molecule has 1 aliphatic rings.